The van der Waals surface area contributed by atoms with Crippen molar-refractivity contribution in [1.82, 2.24) is 4.98 Å². The molecule has 0 unspecified atom stereocenters. The van der Waals surface area contributed by atoms with Crippen LogP contribution >= 0.6 is 0 Å². The van der Waals surface area contributed by atoms with Crippen LogP contribution in [0.5, 0.6) is 0 Å². The van der Waals surface area contributed by atoms with Gasteiger partial charge in [0.15, 0.2) is 0 Å². The fraction of sp³-hybridized carbons (Fsp3) is 0.158. The fourth-order valence-corrected chi connectivity index (χ4v) is 2.56. The monoisotopic (exact) mass is 332 g/mol. The predicted octanol–water partition coefficient (Wildman–Crippen LogP) is 2.73. The van der Waals surface area contributed by atoms with Crippen molar-refractivity contribution in [3.05, 3.63) is 59.8 Å². The van der Waals surface area contributed by atoms with Gasteiger partial charge in [0.05, 0.1) is 5.56 Å². The number of aromatic nitrogens is 1. The van der Waals surface area contributed by atoms with Crippen LogP contribution in [0.4, 0.5) is 11.5 Å². The lowest BCUT2D eigenvalue weighted by Gasteiger charge is -2.15. The van der Waals surface area contributed by atoms with E-state index in [9.17, 15) is 9.59 Å². The van der Waals surface area contributed by atoms with Crippen LogP contribution < -0.4 is 10.2 Å². The number of anilines is 2. The van der Waals surface area contributed by atoms with Crippen LogP contribution in [-0.2, 0) is 9.59 Å². The lowest BCUT2D eigenvalue weighted by Crippen LogP contribution is -2.23. The summed E-state index contributed by atoms with van der Waals surface area (Å²) in [5, 5.41) is 11.3. The molecule has 0 atom stereocenters. The van der Waals surface area contributed by atoms with E-state index in [0.29, 0.717) is 17.8 Å². The number of nitrogens with zero attached hydrogens (tertiary/aromatic N) is 3. The summed E-state index contributed by atoms with van der Waals surface area (Å²) in [4.78, 5) is 29.4. The molecule has 2 amide bonds. The molecule has 1 aromatic heterocycles. The topological polar surface area (TPSA) is 86.1 Å². The van der Waals surface area contributed by atoms with E-state index in [2.05, 4.69) is 10.3 Å². The molecule has 1 N–H and O–H groups in total. The van der Waals surface area contributed by atoms with Crippen LogP contribution in [0.2, 0.25) is 0 Å². The van der Waals surface area contributed by atoms with Crippen molar-refractivity contribution in [2.75, 3.05) is 16.8 Å². The highest BCUT2D eigenvalue weighted by molar-refractivity contribution is 6.01. The van der Waals surface area contributed by atoms with Gasteiger partial charge in [-0.05, 0) is 42.3 Å². The molecule has 6 nitrogen and oxygen atoms in total. The smallest absolute Gasteiger partial charge is 0.249 e. The van der Waals surface area contributed by atoms with Crippen LogP contribution in [0.15, 0.2) is 48.7 Å². The van der Waals surface area contributed by atoms with E-state index >= 15 is 0 Å². The van der Waals surface area contributed by atoms with Crippen molar-refractivity contribution >= 4 is 29.4 Å². The molecule has 6 heteroatoms. The number of pyridine rings is 1. The largest absolute Gasteiger partial charge is 0.312 e. The Bertz CT molecular complexity index is 848. The first-order chi connectivity index (χ1) is 12.2. The van der Waals surface area contributed by atoms with Crippen LogP contribution in [0.1, 0.15) is 24.0 Å². The summed E-state index contributed by atoms with van der Waals surface area (Å²) < 4.78 is 0. The van der Waals surface area contributed by atoms with E-state index in [4.69, 9.17) is 5.26 Å². The molecule has 1 saturated heterocycles. The Balaban J connectivity index is 1.60. The van der Waals surface area contributed by atoms with Gasteiger partial charge < -0.3 is 10.2 Å². The van der Waals surface area contributed by atoms with Gasteiger partial charge in [-0.2, -0.15) is 5.26 Å². The molecule has 3 rings (SSSR count). The Morgan fingerprint density at radius 2 is 2.04 bits per heavy atom. The molecular formula is C19H16N4O2. The first-order valence-corrected chi connectivity index (χ1v) is 7.91. The molecule has 0 spiro atoms. The number of rotatable bonds is 4. The minimum Gasteiger partial charge on any atom is -0.312 e. The molecular weight excluding hydrogens is 316 g/mol. The average Bonchev–Trinajstić information content (AvgIpc) is 3.07. The Hall–Kier alpha value is -3.46. The Morgan fingerprint density at radius 1 is 1.24 bits per heavy atom. The predicted molar refractivity (Wildman–Crippen MR) is 94.6 cm³/mol. The summed E-state index contributed by atoms with van der Waals surface area (Å²) in [5.74, 6) is 0.227. The first kappa shape index (κ1) is 16.4. The maximum absolute atomic E-state index is 11.9. The minimum atomic E-state index is -0.309. The zero-order chi connectivity index (χ0) is 17.6. The Morgan fingerprint density at radius 3 is 2.64 bits per heavy atom. The highest BCUT2D eigenvalue weighted by Gasteiger charge is 2.21. The molecule has 2 aromatic rings. The SMILES string of the molecule is N#Cc1ccc(NC(=O)C=Cc2ccc(N3CCCC3=O)cc2)nc1. The van der Waals surface area contributed by atoms with Crippen molar-refractivity contribution < 1.29 is 9.59 Å². The van der Waals surface area contributed by atoms with Crippen LogP contribution in [0, 0.1) is 11.3 Å². The maximum Gasteiger partial charge on any atom is 0.249 e. The van der Waals surface area contributed by atoms with Gasteiger partial charge in [0.1, 0.15) is 11.9 Å². The third-order valence-corrected chi connectivity index (χ3v) is 3.85. The van der Waals surface area contributed by atoms with Crippen molar-refractivity contribution in [1.29, 1.82) is 5.26 Å². The van der Waals surface area contributed by atoms with Gasteiger partial charge in [-0.25, -0.2) is 4.98 Å². The lowest BCUT2D eigenvalue weighted by atomic mass is 10.2. The third kappa shape index (κ3) is 4.09. The first-order valence-electron chi connectivity index (χ1n) is 7.91. The number of benzene rings is 1. The molecule has 1 aliphatic heterocycles. The van der Waals surface area contributed by atoms with Crippen molar-refractivity contribution in [3.63, 3.8) is 0 Å². The van der Waals surface area contributed by atoms with Gasteiger partial charge in [-0.3, -0.25) is 9.59 Å². The fourth-order valence-electron chi connectivity index (χ4n) is 2.56. The second-order valence-electron chi connectivity index (χ2n) is 5.61. The highest BCUT2D eigenvalue weighted by Crippen LogP contribution is 2.21. The molecule has 0 radical (unpaired) electrons. The summed E-state index contributed by atoms with van der Waals surface area (Å²) in [5.41, 5.74) is 2.18. The van der Waals surface area contributed by atoms with Crippen LogP contribution in [0.3, 0.4) is 0 Å². The van der Waals surface area contributed by atoms with Crippen LogP contribution in [0.25, 0.3) is 6.08 Å². The Kier molecular flexibility index (Phi) is 4.86. The van der Waals surface area contributed by atoms with E-state index in [-0.39, 0.29) is 11.8 Å². The van der Waals surface area contributed by atoms with Gasteiger partial charge >= 0.3 is 0 Å². The van der Waals surface area contributed by atoms with E-state index in [1.165, 1.54) is 12.3 Å². The van der Waals surface area contributed by atoms with Gasteiger partial charge in [-0.1, -0.05) is 12.1 Å². The molecule has 2 heterocycles. The summed E-state index contributed by atoms with van der Waals surface area (Å²) in [7, 11) is 0. The molecule has 1 fully saturated rings. The maximum atomic E-state index is 11.9. The molecule has 0 aliphatic carbocycles. The summed E-state index contributed by atoms with van der Waals surface area (Å²) >= 11 is 0. The molecule has 1 aromatic carbocycles. The lowest BCUT2D eigenvalue weighted by molar-refractivity contribution is -0.117. The van der Waals surface area contributed by atoms with Gasteiger partial charge in [-0.15, -0.1) is 0 Å². The number of hydrogen-bond acceptors (Lipinski definition) is 4. The van der Waals surface area contributed by atoms with Gasteiger partial charge in [0, 0.05) is 30.9 Å². The quantitative estimate of drug-likeness (QED) is 0.872. The Labute approximate surface area is 145 Å². The minimum absolute atomic E-state index is 0.151. The average molecular weight is 332 g/mol. The van der Waals surface area contributed by atoms with Crippen molar-refractivity contribution in [2.45, 2.75) is 12.8 Å². The number of carbonyl (C=O) groups excluding carboxylic acids is 2. The van der Waals surface area contributed by atoms with Gasteiger partial charge in [0.2, 0.25) is 11.8 Å². The third-order valence-electron chi connectivity index (χ3n) is 3.85. The van der Waals surface area contributed by atoms with Crippen LogP contribution in [-0.4, -0.2) is 23.3 Å². The normalized spacial score (nSPS) is 13.9. The van der Waals surface area contributed by atoms with E-state index in [1.807, 2.05) is 30.3 Å². The van der Waals surface area contributed by atoms with E-state index < -0.39 is 0 Å². The second kappa shape index (κ2) is 7.41. The molecule has 1 aliphatic rings. The molecule has 25 heavy (non-hydrogen) atoms. The number of nitrogens with one attached hydrogen (secondary N) is 1. The number of carbonyl (C=O) groups is 2. The van der Waals surface area contributed by atoms with E-state index in [1.54, 1.807) is 23.1 Å². The van der Waals surface area contributed by atoms with E-state index in [0.717, 1.165) is 24.2 Å². The second-order valence-corrected chi connectivity index (χ2v) is 5.61. The number of hydrogen-bond donors (Lipinski definition) is 1. The number of amides is 2. The summed E-state index contributed by atoms with van der Waals surface area (Å²) in [6, 6.07) is 12.6. The van der Waals surface area contributed by atoms with Gasteiger partial charge in [0.25, 0.3) is 0 Å². The zero-order valence-electron chi connectivity index (χ0n) is 13.5. The molecule has 0 bridgehead atoms. The summed E-state index contributed by atoms with van der Waals surface area (Å²) in [6.45, 7) is 0.758. The summed E-state index contributed by atoms with van der Waals surface area (Å²) in [6.07, 6.45) is 6.00. The molecule has 0 saturated carbocycles. The van der Waals surface area contributed by atoms with Crippen molar-refractivity contribution in [3.8, 4) is 6.07 Å². The highest BCUT2D eigenvalue weighted by atomic mass is 16.2. The molecule has 124 valence electrons. The zero-order valence-corrected chi connectivity index (χ0v) is 13.5. The van der Waals surface area contributed by atoms with Crippen molar-refractivity contribution in [2.24, 2.45) is 0 Å². The standard InChI is InChI=1S/C19H16N4O2/c20-12-15-5-9-17(21-13-15)22-18(24)10-6-14-3-7-16(8-4-14)23-11-1-2-19(23)25/h3-10,13H,1-2,11H2,(H,21,22,24). The number of nitriles is 1.